The quantitative estimate of drug-likeness (QED) is 0.600. The Labute approximate surface area is 61.8 Å². The van der Waals surface area contributed by atoms with Gasteiger partial charge in [0.1, 0.15) is 0 Å². The molecule has 0 atom stereocenters. The molecule has 0 aromatic carbocycles. The van der Waals surface area contributed by atoms with Gasteiger partial charge in [-0.1, -0.05) is 6.08 Å². The Bertz CT molecular complexity index is 168. The predicted octanol–water partition coefficient (Wildman–Crippen LogP) is 1.12. The molecule has 1 aliphatic rings. The monoisotopic (exact) mass is 138 g/mol. The van der Waals surface area contributed by atoms with E-state index in [4.69, 9.17) is 5.73 Å². The van der Waals surface area contributed by atoms with E-state index in [-0.39, 0.29) is 0 Å². The van der Waals surface area contributed by atoms with Crippen LogP contribution in [0.4, 0.5) is 0 Å². The third-order valence-corrected chi connectivity index (χ3v) is 1.60. The van der Waals surface area contributed by atoms with Crippen LogP contribution in [0, 0.1) is 0 Å². The van der Waals surface area contributed by atoms with E-state index >= 15 is 0 Å². The summed E-state index contributed by atoms with van der Waals surface area (Å²) < 4.78 is 0. The van der Waals surface area contributed by atoms with E-state index in [1.54, 1.807) is 0 Å². The summed E-state index contributed by atoms with van der Waals surface area (Å²) in [5.74, 6) is 0. The van der Waals surface area contributed by atoms with Gasteiger partial charge in [0, 0.05) is 12.2 Å². The van der Waals surface area contributed by atoms with Gasteiger partial charge in [-0.3, -0.25) is 0 Å². The highest BCUT2D eigenvalue weighted by molar-refractivity contribution is 5.25. The van der Waals surface area contributed by atoms with E-state index in [0.717, 1.165) is 25.1 Å². The number of hydrogen-bond donors (Lipinski definition) is 2. The molecule has 2 nitrogen and oxygen atoms in total. The van der Waals surface area contributed by atoms with Gasteiger partial charge in [-0.25, -0.2) is 0 Å². The normalized spacial score (nSPS) is 17.7. The van der Waals surface area contributed by atoms with Crippen molar-refractivity contribution in [2.75, 3.05) is 6.54 Å². The number of nitrogens with two attached hydrogens (primary N) is 1. The third-order valence-electron chi connectivity index (χ3n) is 1.60. The minimum atomic E-state index is 0.896. The fraction of sp³-hybridized carbons (Fsp3) is 0.500. The second kappa shape index (κ2) is 3.30. The Balaban J connectivity index is 2.60. The molecule has 0 saturated heterocycles. The first-order valence-corrected chi connectivity index (χ1v) is 3.73. The Kier molecular flexibility index (Phi) is 2.37. The molecule has 0 amide bonds. The van der Waals surface area contributed by atoms with E-state index in [1.165, 1.54) is 5.70 Å². The summed E-state index contributed by atoms with van der Waals surface area (Å²) in [5, 5.41) is 3.24. The van der Waals surface area contributed by atoms with Crippen molar-refractivity contribution in [2.24, 2.45) is 5.73 Å². The number of allylic oxidation sites excluding steroid dienone is 3. The van der Waals surface area contributed by atoms with Gasteiger partial charge in [0.15, 0.2) is 0 Å². The van der Waals surface area contributed by atoms with Crippen molar-refractivity contribution >= 4 is 0 Å². The van der Waals surface area contributed by atoms with Gasteiger partial charge in [-0.15, -0.1) is 0 Å². The zero-order valence-electron chi connectivity index (χ0n) is 6.35. The van der Waals surface area contributed by atoms with Gasteiger partial charge in [-0.2, -0.15) is 0 Å². The van der Waals surface area contributed by atoms with Gasteiger partial charge in [-0.05, 0) is 25.8 Å². The lowest BCUT2D eigenvalue weighted by molar-refractivity contribution is 0.759. The second-order valence-electron chi connectivity index (χ2n) is 2.41. The summed E-state index contributed by atoms with van der Waals surface area (Å²) in [5.41, 5.74) is 7.79. The van der Waals surface area contributed by atoms with Gasteiger partial charge in [0.2, 0.25) is 0 Å². The fourth-order valence-electron chi connectivity index (χ4n) is 1.09. The average Bonchev–Trinajstić information content (AvgIpc) is 1.94. The summed E-state index contributed by atoms with van der Waals surface area (Å²) >= 11 is 0. The standard InChI is InChI=1S/C8H14N2/c1-2-10-8-6-4-3-5-7(8)9/h3,5,10H,2,4,6,9H2,1H3. The summed E-state index contributed by atoms with van der Waals surface area (Å²) in [6.45, 7) is 3.04. The summed E-state index contributed by atoms with van der Waals surface area (Å²) in [7, 11) is 0. The van der Waals surface area contributed by atoms with E-state index in [2.05, 4.69) is 18.3 Å². The van der Waals surface area contributed by atoms with Crippen LogP contribution in [0.2, 0.25) is 0 Å². The molecule has 0 saturated carbocycles. The maximum atomic E-state index is 5.70. The predicted molar refractivity (Wildman–Crippen MR) is 43.3 cm³/mol. The molecule has 0 unspecified atom stereocenters. The molecule has 0 aromatic heterocycles. The number of rotatable bonds is 2. The van der Waals surface area contributed by atoms with Crippen molar-refractivity contribution in [1.29, 1.82) is 0 Å². The Hall–Kier alpha value is -0.920. The molecule has 0 aromatic rings. The highest BCUT2D eigenvalue weighted by Crippen LogP contribution is 2.11. The Morgan fingerprint density at radius 3 is 3.10 bits per heavy atom. The molecule has 0 fully saturated rings. The van der Waals surface area contributed by atoms with Crippen LogP contribution in [0.15, 0.2) is 23.5 Å². The maximum Gasteiger partial charge on any atom is 0.0503 e. The van der Waals surface area contributed by atoms with Crippen LogP contribution in [0.25, 0.3) is 0 Å². The SMILES string of the molecule is CCNC1=C(N)C=CCC1. The molecular formula is C8H14N2. The second-order valence-corrected chi connectivity index (χ2v) is 2.41. The highest BCUT2D eigenvalue weighted by atomic mass is 14.9. The summed E-state index contributed by atoms with van der Waals surface area (Å²) in [6, 6.07) is 0. The molecule has 1 rings (SSSR count). The largest absolute Gasteiger partial charge is 0.397 e. The zero-order valence-corrected chi connectivity index (χ0v) is 6.35. The zero-order chi connectivity index (χ0) is 7.40. The van der Waals surface area contributed by atoms with Crippen LogP contribution in [0.5, 0.6) is 0 Å². The summed E-state index contributed by atoms with van der Waals surface area (Å²) in [4.78, 5) is 0. The molecule has 2 heteroatoms. The lowest BCUT2D eigenvalue weighted by atomic mass is 10.1. The molecule has 0 aliphatic heterocycles. The molecular weight excluding hydrogens is 124 g/mol. The molecule has 0 heterocycles. The minimum Gasteiger partial charge on any atom is -0.397 e. The van der Waals surface area contributed by atoms with Crippen LogP contribution in [-0.2, 0) is 0 Å². The van der Waals surface area contributed by atoms with Crippen molar-refractivity contribution in [3.63, 3.8) is 0 Å². The first kappa shape index (κ1) is 7.19. The minimum absolute atomic E-state index is 0.896. The van der Waals surface area contributed by atoms with Crippen molar-refractivity contribution < 1.29 is 0 Å². The molecule has 56 valence electrons. The van der Waals surface area contributed by atoms with Crippen molar-refractivity contribution in [1.82, 2.24) is 5.32 Å². The van der Waals surface area contributed by atoms with Crippen LogP contribution in [0.1, 0.15) is 19.8 Å². The van der Waals surface area contributed by atoms with E-state index < -0.39 is 0 Å². The lowest BCUT2D eigenvalue weighted by Crippen LogP contribution is -2.18. The third kappa shape index (κ3) is 1.53. The number of nitrogens with one attached hydrogen (secondary N) is 1. The van der Waals surface area contributed by atoms with Crippen molar-refractivity contribution in [3.8, 4) is 0 Å². The van der Waals surface area contributed by atoms with E-state index in [0.29, 0.717) is 0 Å². The first-order valence-electron chi connectivity index (χ1n) is 3.73. The Morgan fingerprint density at radius 1 is 1.70 bits per heavy atom. The van der Waals surface area contributed by atoms with E-state index in [1.807, 2.05) is 6.08 Å². The lowest BCUT2D eigenvalue weighted by Gasteiger charge is -2.13. The van der Waals surface area contributed by atoms with Gasteiger partial charge in [0.25, 0.3) is 0 Å². The van der Waals surface area contributed by atoms with Crippen LogP contribution >= 0.6 is 0 Å². The Morgan fingerprint density at radius 2 is 2.50 bits per heavy atom. The fourth-order valence-corrected chi connectivity index (χ4v) is 1.09. The van der Waals surface area contributed by atoms with Gasteiger partial charge >= 0.3 is 0 Å². The van der Waals surface area contributed by atoms with E-state index in [9.17, 15) is 0 Å². The van der Waals surface area contributed by atoms with Crippen LogP contribution < -0.4 is 11.1 Å². The molecule has 10 heavy (non-hydrogen) atoms. The first-order chi connectivity index (χ1) is 4.84. The van der Waals surface area contributed by atoms with Crippen molar-refractivity contribution in [2.45, 2.75) is 19.8 Å². The smallest absolute Gasteiger partial charge is 0.0503 e. The van der Waals surface area contributed by atoms with Crippen molar-refractivity contribution in [3.05, 3.63) is 23.5 Å². The molecule has 0 spiro atoms. The molecule has 0 bridgehead atoms. The molecule has 0 radical (unpaired) electrons. The summed E-state index contributed by atoms with van der Waals surface area (Å²) in [6.07, 6.45) is 6.26. The van der Waals surface area contributed by atoms with Gasteiger partial charge in [0.05, 0.1) is 5.70 Å². The molecule has 3 N–H and O–H groups in total. The maximum absolute atomic E-state index is 5.70. The van der Waals surface area contributed by atoms with Gasteiger partial charge < -0.3 is 11.1 Å². The topological polar surface area (TPSA) is 38.0 Å². The average molecular weight is 138 g/mol. The van der Waals surface area contributed by atoms with Crippen LogP contribution in [0.3, 0.4) is 0 Å². The van der Waals surface area contributed by atoms with Crippen LogP contribution in [-0.4, -0.2) is 6.54 Å². The highest BCUT2D eigenvalue weighted by Gasteiger charge is 2.02. The molecule has 1 aliphatic carbocycles. The number of hydrogen-bond acceptors (Lipinski definition) is 2.